The molecule has 0 spiro atoms. The second-order valence-electron chi connectivity index (χ2n) is 3.79. The van der Waals surface area contributed by atoms with Gasteiger partial charge >= 0.3 is 12.1 Å². The van der Waals surface area contributed by atoms with Gasteiger partial charge < -0.3 is 20.0 Å². The van der Waals surface area contributed by atoms with Gasteiger partial charge in [-0.15, -0.1) is 0 Å². The smallest absolute Gasteiger partial charge is 0.416 e. The van der Waals surface area contributed by atoms with E-state index >= 15 is 0 Å². The van der Waals surface area contributed by atoms with Crippen LogP contribution in [0.1, 0.15) is 12.5 Å². The third-order valence-corrected chi connectivity index (χ3v) is 2.31. The highest BCUT2D eigenvalue weighted by Crippen LogP contribution is 2.29. The molecule has 0 radical (unpaired) electrons. The second kappa shape index (κ2) is 6.78. The predicted molar refractivity (Wildman–Crippen MR) is 64.8 cm³/mol. The van der Waals surface area contributed by atoms with Crippen molar-refractivity contribution >= 4 is 17.6 Å². The monoisotopic (exact) mass is 302 g/mol. The van der Waals surface area contributed by atoms with Crippen molar-refractivity contribution in [3.05, 3.63) is 41.6 Å². The zero-order chi connectivity index (χ0) is 16.0. The van der Waals surface area contributed by atoms with Crippen molar-refractivity contribution in [1.82, 2.24) is 0 Å². The van der Waals surface area contributed by atoms with Gasteiger partial charge in [-0.1, -0.05) is 0 Å². The standard InChI is InChI=1S/C13H12F3NO4/c1-2-21-12(20)10(11(18)19)7-17-9-5-3-8(4-6-9)13(14,15)16/h3-7,17H,2H2,1H3,(H,18,19)/p-1. The molecule has 1 aromatic carbocycles. The summed E-state index contributed by atoms with van der Waals surface area (Å²) in [6.45, 7) is 1.47. The van der Waals surface area contributed by atoms with Crippen LogP contribution in [-0.2, 0) is 20.5 Å². The van der Waals surface area contributed by atoms with Crippen molar-refractivity contribution in [2.45, 2.75) is 13.1 Å². The normalized spacial score (nSPS) is 11.9. The van der Waals surface area contributed by atoms with E-state index in [9.17, 15) is 27.9 Å². The number of rotatable bonds is 5. The fourth-order valence-corrected chi connectivity index (χ4v) is 1.32. The summed E-state index contributed by atoms with van der Waals surface area (Å²) in [5, 5.41) is 13.1. The zero-order valence-electron chi connectivity index (χ0n) is 10.9. The van der Waals surface area contributed by atoms with Gasteiger partial charge in [-0.3, -0.25) is 0 Å². The molecule has 1 N–H and O–H groups in total. The lowest BCUT2D eigenvalue weighted by molar-refractivity contribution is -0.299. The number of nitrogens with one attached hydrogen (secondary N) is 1. The van der Waals surface area contributed by atoms with Gasteiger partial charge in [0.1, 0.15) is 0 Å². The summed E-state index contributed by atoms with van der Waals surface area (Å²) in [4.78, 5) is 22.0. The average molecular weight is 302 g/mol. The quantitative estimate of drug-likeness (QED) is 0.384. The summed E-state index contributed by atoms with van der Waals surface area (Å²) in [7, 11) is 0. The molecule has 0 aromatic heterocycles. The van der Waals surface area contributed by atoms with Crippen molar-refractivity contribution in [2.24, 2.45) is 0 Å². The molecule has 0 saturated heterocycles. The lowest BCUT2D eigenvalue weighted by Gasteiger charge is -2.10. The fraction of sp³-hybridized carbons (Fsp3) is 0.231. The van der Waals surface area contributed by atoms with Crippen LogP contribution in [0, 0.1) is 0 Å². The van der Waals surface area contributed by atoms with E-state index in [0.717, 1.165) is 30.5 Å². The molecule has 1 rings (SSSR count). The Morgan fingerprint density at radius 1 is 1.29 bits per heavy atom. The maximum atomic E-state index is 12.4. The lowest BCUT2D eigenvalue weighted by Crippen LogP contribution is -2.30. The van der Waals surface area contributed by atoms with Gasteiger partial charge in [-0.25, -0.2) is 4.79 Å². The molecule has 0 fully saturated rings. The molecular weight excluding hydrogens is 291 g/mol. The van der Waals surface area contributed by atoms with Crippen molar-refractivity contribution in [3.63, 3.8) is 0 Å². The van der Waals surface area contributed by atoms with E-state index in [0.29, 0.717) is 0 Å². The van der Waals surface area contributed by atoms with Gasteiger partial charge in [0.05, 0.1) is 23.7 Å². The Morgan fingerprint density at radius 3 is 2.29 bits per heavy atom. The van der Waals surface area contributed by atoms with Gasteiger partial charge in [0, 0.05) is 11.9 Å². The highest BCUT2D eigenvalue weighted by atomic mass is 19.4. The summed E-state index contributed by atoms with van der Waals surface area (Å²) in [5.41, 5.74) is -1.44. The summed E-state index contributed by atoms with van der Waals surface area (Å²) >= 11 is 0. The summed E-state index contributed by atoms with van der Waals surface area (Å²) < 4.78 is 41.6. The molecule has 0 amide bonds. The van der Waals surface area contributed by atoms with E-state index in [1.165, 1.54) is 6.92 Å². The van der Waals surface area contributed by atoms with E-state index < -0.39 is 29.3 Å². The third kappa shape index (κ3) is 4.83. The van der Waals surface area contributed by atoms with Crippen LogP contribution in [0.5, 0.6) is 0 Å². The van der Waals surface area contributed by atoms with E-state index in [1.54, 1.807) is 0 Å². The van der Waals surface area contributed by atoms with Crippen LogP contribution in [0.3, 0.4) is 0 Å². The molecule has 21 heavy (non-hydrogen) atoms. The Labute approximate surface area is 118 Å². The van der Waals surface area contributed by atoms with Crippen LogP contribution in [0.25, 0.3) is 0 Å². The molecule has 1 aromatic rings. The van der Waals surface area contributed by atoms with E-state index in [1.807, 2.05) is 0 Å². The number of carboxylic acids is 1. The molecule has 8 heteroatoms. The summed E-state index contributed by atoms with van der Waals surface area (Å²) in [6, 6.07) is 3.83. The van der Waals surface area contributed by atoms with Crippen LogP contribution >= 0.6 is 0 Å². The summed E-state index contributed by atoms with van der Waals surface area (Å²) in [5.74, 6) is -2.86. The number of esters is 1. The molecule has 0 aliphatic heterocycles. The molecule has 0 unspecified atom stereocenters. The van der Waals surface area contributed by atoms with Crippen molar-refractivity contribution in [1.29, 1.82) is 0 Å². The maximum absolute atomic E-state index is 12.4. The topological polar surface area (TPSA) is 78.5 Å². The number of alkyl halides is 3. The molecule has 114 valence electrons. The number of aliphatic carboxylic acids is 1. The highest BCUT2D eigenvalue weighted by Gasteiger charge is 2.29. The second-order valence-corrected chi connectivity index (χ2v) is 3.79. The Balaban J connectivity index is 2.86. The molecule has 0 saturated carbocycles. The summed E-state index contributed by atoms with van der Waals surface area (Å²) in [6.07, 6.45) is -3.66. The lowest BCUT2D eigenvalue weighted by atomic mass is 10.2. The van der Waals surface area contributed by atoms with Gasteiger partial charge in [0.25, 0.3) is 0 Å². The van der Waals surface area contributed by atoms with E-state index in [-0.39, 0.29) is 12.3 Å². The van der Waals surface area contributed by atoms with Crippen LogP contribution < -0.4 is 10.4 Å². The molecule has 0 atom stereocenters. The minimum absolute atomic E-state index is 0.0241. The van der Waals surface area contributed by atoms with Gasteiger partial charge in [-0.05, 0) is 31.2 Å². The molecule has 0 aliphatic rings. The van der Waals surface area contributed by atoms with E-state index in [4.69, 9.17) is 0 Å². The van der Waals surface area contributed by atoms with Crippen LogP contribution in [0.4, 0.5) is 18.9 Å². The number of carboxylic acid groups (broad SMARTS) is 1. The first-order valence-electron chi connectivity index (χ1n) is 5.78. The Bertz CT molecular complexity index is 550. The number of ether oxygens (including phenoxy) is 1. The minimum atomic E-state index is -4.46. The predicted octanol–water partition coefficient (Wildman–Crippen LogP) is 1.31. The minimum Gasteiger partial charge on any atom is -0.544 e. The van der Waals surface area contributed by atoms with Gasteiger partial charge in [-0.2, -0.15) is 13.2 Å². The third-order valence-electron chi connectivity index (χ3n) is 2.31. The average Bonchev–Trinajstić information content (AvgIpc) is 2.38. The van der Waals surface area contributed by atoms with Gasteiger partial charge in [0.2, 0.25) is 0 Å². The first-order valence-corrected chi connectivity index (χ1v) is 5.78. The number of halogens is 3. The SMILES string of the molecule is CCOC(=O)C(=CNc1ccc(C(F)(F)F)cc1)C(=O)[O-]. The fourth-order valence-electron chi connectivity index (χ4n) is 1.32. The first-order chi connectivity index (χ1) is 9.75. The molecule has 0 bridgehead atoms. The highest BCUT2D eigenvalue weighted by molar-refractivity contribution is 6.12. The Morgan fingerprint density at radius 2 is 1.86 bits per heavy atom. The number of hydrogen-bond acceptors (Lipinski definition) is 5. The maximum Gasteiger partial charge on any atom is 0.416 e. The molecular formula is C13H11F3NO4-. The largest absolute Gasteiger partial charge is 0.544 e. The van der Waals surface area contributed by atoms with E-state index in [2.05, 4.69) is 10.1 Å². The van der Waals surface area contributed by atoms with Crippen molar-refractivity contribution in [2.75, 3.05) is 11.9 Å². The number of benzene rings is 1. The molecule has 0 aliphatic carbocycles. The molecule has 5 nitrogen and oxygen atoms in total. The molecule has 0 heterocycles. The van der Waals surface area contributed by atoms with Crippen LogP contribution in [-0.4, -0.2) is 18.5 Å². The Hall–Kier alpha value is -2.51. The number of hydrogen-bond donors (Lipinski definition) is 1. The Kier molecular flexibility index (Phi) is 5.34. The van der Waals surface area contributed by atoms with Crippen molar-refractivity contribution < 1.29 is 32.6 Å². The van der Waals surface area contributed by atoms with Crippen LogP contribution in [0.2, 0.25) is 0 Å². The number of carbonyl (C=O) groups is 2. The van der Waals surface area contributed by atoms with Crippen LogP contribution in [0.15, 0.2) is 36.0 Å². The zero-order valence-corrected chi connectivity index (χ0v) is 10.9. The van der Waals surface area contributed by atoms with Crippen molar-refractivity contribution in [3.8, 4) is 0 Å². The van der Waals surface area contributed by atoms with Gasteiger partial charge in [0.15, 0.2) is 0 Å². The number of carbonyl (C=O) groups excluding carboxylic acids is 2. The number of anilines is 1. The first kappa shape index (κ1) is 16.5.